The van der Waals surface area contributed by atoms with Gasteiger partial charge in [-0.2, -0.15) is 0 Å². The number of carbonyl (C=O) groups excluding carboxylic acids is 3. The average molecular weight is 587 g/mol. The van der Waals surface area contributed by atoms with E-state index in [1.54, 1.807) is 30.5 Å². The lowest BCUT2D eigenvalue weighted by atomic mass is 10.0. The molecule has 35 heavy (non-hydrogen) atoms. The standard InChI is InChI=1S/C24H22IN5O5/c25-29-22-17-5-3-15(11-14(17)7-8-26-22)27-23(33)20(32)21-24(34)30(9-10-35-21)16-4-1-13-2-6-19(31)28-18(13)12-16/h1,3-5,7-8,11-12,20-21,32H,2,6,9-10H2,(H,26,29)(H,27,33)(H,28,31)/t20-,21-/m1/s1. The quantitative estimate of drug-likeness (QED) is 0.267. The van der Waals surface area contributed by atoms with Gasteiger partial charge in [-0.05, 0) is 53.8 Å². The third-order valence-corrected chi connectivity index (χ3v) is 6.61. The van der Waals surface area contributed by atoms with Gasteiger partial charge in [0.2, 0.25) is 5.91 Å². The van der Waals surface area contributed by atoms with Gasteiger partial charge >= 0.3 is 0 Å². The van der Waals surface area contributed by atoms with Gasteiger partial charge in [0.25, 0.3) is 11.8 Å². The molecule has 2 aliphatic rings. The van der Waals surface area contributed by atoms with E-state index in [4.69, 9.17) is 4.74 Å². The first kappa shape index (κ1) is 23.5. The van der Waals surface area contributed by atoms with Gasteiger partial charge in [0, 0.05) is 41.6 Å². The van der Waals surface area contributed by atoms with E-state index in [1.165, 1.54) is 4.90 Å². The predicted molar refractivity (Wildman–Crippen MR) is 140 cm³/mol. The van der Waals surface area contributed by atoms with Crippen LogP contribution in [0.5, 0.6) is 0 Å². The fourth-order valence-electron chi connectivity index (χ4n) is 4.30. The third-order valence-electron chi connectivity index (χ3n) is 6.10. The van der Waals surface area contributed by atoms with E-state index in [0.717, 1.165) is 16.3 Å². The second-order valence-electron chi connectivity index (χ2n) is 8.29. The molecule has 0 unspecified atom stereocenters. The number of halogens is 1. The summed E-state index contributed by atoms with van der Waals surface area (Å²) >= 11 is 2.00. The molecule has 2 atom stereocenters. The van der Waals surface area contributed by atoms with Crippen molar-refractivity contribution in [3.8, 4) is 0 Å². The van der Waals surface area contributed by atoms with Crippen LogP contribution in [0.4, 0.5) is 22.9 Å². The fraction of sp³-hybridized carbons (Fsp3) is 0.250. The molecule has 180 valence electrons. The predicted octanol–water partition coefficient (Wildman–Crippen LogP) is 2.61. The summed E-state index contributed by atoms with van der Waals surface area (Å²) in [5.41, 5.74) is 2.70. The summed E-state index contributed by atoms with van der Waals surface area (Å²) in [6.07, 6.45) is -0.340. The van der Waals surface area contributed by atoms with Gasteiger partial charge < -0.3 is 28.9 Å². The van der Waals surface area contributed by atoms with E-state index in [0.29, 0.717) is 35.7 Å². The summed E-state index contributed by atoms with van der Waals surface area (Å²) in [5, 5.41) is 17.9. The zero-order valence-corrected chi connectivity index (χ0v) is 20.6. The van der Waals surface area contributed by atoms with Gasteiger partial charge in [0.15, 0.2) is 12.2 Å². The van der Waals surface area contributed by atoms with Crippen molar-refractivity contribution < 1.29 is 24.2 Å². The Morgan fingerprint density at radius 1 is 1.20 bits per heavy atom. The maximum absolute atomic E-state index is 13.2. The molecule has 2 aliphatic heterocycles. The molecule has 3 heterocycles. The average Bonchev–Trinajstić information content (AvgIpc) is 2.87. The molecule has 3 amide bonds. The summed E-state index contributed by atoms with van der Waals surface area (Å²) < 4.78 is 8.49. The number of anilines is 4. The number of amides is 3. The Morgan fingerprint density at radius 3 is 2.89 bits per heavy atom. The molecule has 2 aromatic carbocycles. The number of fused-ring (bicyclic) bond motifs is 2. The van der Waals surface area contributed by atoms with Crippen molar-refractivity contribution in [1.82, 2.24) is 4.98 Å². The van der Waals surface area contributed by atoms with Gasteiger partial charge in [-0.3, -0.25) is 14.4 Å². The molecule has 0 aliphatic carbocycles. The Morgan fingerprint density at radius 2 is 2.06 bits per heavy atom. The second kappa shape index (κ2) is 9.76. The number of aliphatic hydroxyl groups is 1. The summed E-state index contributed by atoms with van der Waals surface area (Å²) in [6.45, 7) is 0.418. The molecular weight excluding hydrogens is 565 g/mol. The summed E-state index contributed by atoms with van der Waals surface area (Å²) in [5.74, 6) is -0.643. The molecule has 1 saturated heterocycles. The molecule has 0 spiro atoms. The van der Waals surface area contributed by atoms with Gasteiger partial charge in [-0.1, -0.05) is 6.07 Å². The fourth-order valence-corrected chi connectivity index (χ4v) is 4.73. The Labute approximate surface area is 214 Å². The van der Waals surface area contributed by atoms with E-state index < -0.39 is 24.0 Å². The van der Waals surface area contributed by atoms with Crippen LogP contribution in [0.3, 0.4) is 0 Å². The number of nitrogens with one attached hydrogen (secondary N) is 3. The Balaban J connectivity index is 1.31. The van der Waals surface area contributed by atoms with E-state index in [-0.39, 0.29) is 19.1 Å². The zero-order chi connectivity index (χ0) is 24.5. The number of carbonyl (C=O) groups is 3. The Kier molecular flexibility index (Phi) is 6.54. The summed E-state index contributed by atoms with van der Waals surface area (Å²) in [6, 6.07) is 12.5. The van der Waals surface area contributed by atoms with Crippen molar-refractivity contribution in [2.24, 2.45) is 0 Å². The van der Waals surface area contributed by atoms with E-state index in [1.807, 2.05) is 41.1 Å². The second-order valence-corrected chi connectivity index (χ2v) is 8.83. The molecule has 11 heteroatoms. The van der Waals surface area contributed by atoms with Crippen molar-refractivity contribution in [1.29, 1.82) is 0 Å². The zero-order valence-electron chi connectivity index (χ0n) is 18.5. The highest BCUT2D eigenvalue weighted by molar-refractivity contribution is 14.1. The Bertz CT molecular complexity index is 1330. The minimum absolute atomic E-state index is 0.0698. The molecular formula is C24H22IN5O5. The number of ether oxygens (including phenoxy) is 1. The van der Waals surface area contributed by atoms with Crippen molar-refractivity contribution in [2.75, 3.05) is 32.2 Å². The van der Waals surface area contributed by atoms with Crippen LogP contribution in [0.1, 0.15) is 12.0 Å². The molecule has 1 aromatic heterocycles. The first-order chi connectivity index (χ1) is 16.9. The molecule has 10 nitrogen and oxygen atoms in total. The van der Waals surface area contributed by atoms with Crippen molar-refractivity contribution >= 4 is 74.2 Å². The van der Waals surface area contributed by atoms with E-state index in [9.17, 15) is 19.5 Å². The van der Waals surface area contributed by atoms with Crippen LogP contribution in [-0.4, -0.2) is 53.2 Å². The minimum atomic E-state index is -1.71. The lowest BCUT2D eigenvalue weighted by Crippen LogP contribution is -2.55. The Hall–Kier alpha value is -3.29. The minimum Gasteiger partial charge on any atom is -0.380 e. The first-order valence-electron chi connectivity index (χ1n) is 11.0. The van der Waals surface area contributed by atoms with Gasteiger partial charge in [-0.25, -0.2) is 4.98 Å². The molecule has 0 bridgehead atoms. The number of rotatable bonds is 5. The van der Waals surface area contributed by atoms with Crippen LogP contribution in [-0.2, 0) is 25.5 Å². The molecule has 5 rings (SSSR count). The largest absolute Gasteiger partial charge is 0.380 e. The number of morpholine rings is 1. The number of nitrogens with zero attached hydrogens (tertiary/aromatic N) is 2. The first-order valence-corrected chi connectivity index (χ1v) is 12.1. The van der Waals surface area contributed by atoms with Crippen LogP contribution in [0.15, 0.2) is 48.7 Å². The lowest BCUT2D eigenvalue weighted by Gasteiger charge is -2.34. The molecule has 0 saturated carbocycles. The molecule has 1 fully saturated rings. The maximum Gasteiger partial charge on any atom is 0.259 e. The number of pyridine rings is 1. The van der Waals surface area contributed by atoms with E-state index in [2.05, 4.69) is 19.1 Å². The van der Waals surface area contributed by atoms with Crippen LogP contribution < -0.4 is 19.1 Å². The number of hydrogen-bond donors (Lipinski definition) is 4. The number of benzene rings is 2. The summed E-state index contributed by atoms with van der Waals surface area (Å²) in [7, 11) is 0. The highest BCUT2D eigenvalue weighted by Crippen LogP contribution is 2.30. The van der Waals surface area contributed by atoms with Crippen LogP contribution in [0.25, 0.3) is 10.8 Å². The number of hydrogen-bond acceptors (Lipinski definition) is 7. The highest BCUT2D eigenvalue weighted by Gasteiger charge is 2.39. The van der Waals surface area contributed by atoms with E-state index >= 15 is 0 Å². The highest BCUT2D eigenvalue weighted by atomic mass is 127. The normalized spacial score (nSPS) is 18.6. The molecule has 0 radical (unpaired) electrons. The van der Waals surface area contributed by atoms with Gasteiger partial charge in [0.1, 0.15) is 5.82 Å². The van der Waals surface area contributed by atoms with Gasteiger partial charge in [0.05, 0.1) is 29.5 Å². The number of aliphatic hydroxyl groups excluding tert-OH is 1. The monoisotopic (exact) mass is 587 g/mol. The molecule has 4 N–H and O–H groups in total. The van der Waals surface area contributed by atoms with Crippen molar-refractivity contribution in [3.63, 3.8) is 0 Å². The third kappa shape index (κ3) is 4.66. The van der Waals surface area contributed by atoms with Crippen LogP contribution in [0.2, 0.25) is 0 Å². The number of aromatic nitrogens is 1. The van der Waals surface area contributed by atoms with Crippen LogP contribution >= 0.6 is 22.9 Å². The van der Waals surface area contributed by atoms with Crippen LogP contribution in [0, 0.1) is 0 Å². The molecule has 3 aromatic rings. The maximum atomic E-state index is 13.2. The smallest absolute Gasteiger partial charge is 0.259 e. The lowest BCUT2D eigenvalue weighted by molar-refractivity contribution is -0.150. The van der Waals surface area contributed by atoms with Crippen molar-refractivity contribution in [2.45, 2.75) is 25.0 Å². The topological polar surface area (TPSA) is 133 Å². The summed E-state index contributed by atoms with van der Waals surface area (Å²) in [4.78, 5) is 43.4. The number of aryl methyl sites for hydroxylation is 1. The SMILES string of the molecule is O=C1CCc2ccc(N3CCO[C@H]([C@@H](O)C(=O)Nc4ccc5c(NI)nccc5c4)C3=O)cc2N1. The van der Waals surface area contributed by atoms with Gasteiger partial charge in [-0.15, -0.1) is 0 Å². The van der Waals surface area contributed by atoms with Crippen molar-refractivity contribution in [3.05, 3.63) is 54.2 Å².